The first-order chi connectivity index (χ1) is 11.7. The normalized spacial score (nSPS) is 16.2. The van der Waals surface area contributed by atoms with Gasteiger partial charge in [0, 0.05) is 24.4 Å². The molecule has 1 aromatic carbocycles. The number of aromatic nitrogens is 2. The number of hydrogen-bond acceptors (Lipinski definition) is 3. The van der Waals surface area contributed by atoms with Crippen LogP contribution in [0.4, 0.5) is 5.82 Å². The lowest BCUT2D eigenvalue weighted by Crippen LogP contribution is -2.29. The van der Waals surface area contributed by atoms with E-state index >= 15 is 0 Å². The average molecular weight is 326 g/mol. The zero-order valence-electron chi connectivity index (χ0n) is 14.5. The Morgan fingerprint density at radius 1 is 1.29 bits per heavy atom. The zero-order valence-corrected chi connectivity index (χ0v) is 14.5. The summed E-state index contributed by atoms with van der Waals surface area (Å²) < 4.78 is 1.86. The van der Waals surface area contributed by atoms with E-state index < -0.39 is 0 Å². The van der Waals surface area contributed by atoms with Gasteiger partial charge >= 0.3 is 0 Å². The van der Waals surface area contributed by atoms with Gasteiger partial charge in [0.25, 0.3) is 0 Å². The van der Waals surface area contributed by atoms with Crippen molar-refractivity contribution in [1.82, 2.24) is 15.1 Å². The quantitative estimate of drug-likeness (QED) is 0.856. The largest absolute Gasteiger partial charge is 0.319 e. The van der Waals surface area contributed by atoms with Crippen LogP contribution in [0.25, 0.3) is 5.69 Å². The molecule has 1 aliphatic carbocycles. The molecular weight excluding hydrogens is 300 g/mol. The van der Waals surface area contributed by atoms with Crippen LogP contribution in [0.3, 0.4) is 0 Å². The summed E-state index contributed by atoms with van der Waals surface area (Å²) in [5.74, 6) is 1.19. The minimum Gasteiger partial charge on any atom is -0.319 e. The van der Waals surface area contributed by atoms with Crippen LogP contribution in [0.15, 0.2) is 36.4 Å². The highest BCUT2D eigenvalue weighted by Gasteiger charge is 2.23. The van der Waals surface area contributed by atoms with Crippen LogP contribution in [-0.4, -0.2) is 29.3 Å². The lowest BCUT2D eigenvalue weighted by atomic mass is 10.0. The van der Waals surface area contributed by atoms with Crippen LogP contribution in [0.5, 0.6) is 0 Å². The van der Waals surface area contributed by atoms with Crippen molar-refractivity contribution in [2.45, 2.75) is 38.5 Å². The molecule has 0 aliphatic heterocycles. The molecule has 5 nitrogen and oxygen atoms in total. The first kappa shape index (κ1) is 16.7. The third-order valence-corrected chi connectivity index (χ3v) is 4.71. The molecule has 1 fully saturated rings. The van der Waals surface area contributed by atoms with Gasteiger partial charge in [0.05, 0.1) is 11.4 Å². The molecule has 0 spiro atoms. The van der Waals surface area contributed by atoms with Gasteiger partial charge in [-0.15, -0.1) is 0 Å². The predicted octanol–water partition coefficient (Wildman–Crippen LogP) is 3.32. The monoisotopic (exact) mass is 326 g/mol. The first-order valence-electron chi connectivity index (χ1n) is 8.80. The van der Waals surface area contributed by atoms with E-state index in [2.05, 4.69) is 10.6 Å². The number of rotatable bonds is 6. The number of anilines is 1. The maximum atomic E-state index is 12.4. The van der Waals surface area contributed by atoms with E-state index in [-0.39, 0.29) is 11.8 Å². The van der Waals surface area contributed by atoms with Crippen LogP contribution >= 0.6 is 0 Å². The van der Waals surface area contributed by atoms with E-state index in [0.29, 0.717) is 12.5 Å². The summed E-state index contributed by atoms with van der Waals surface area (Å²) in [6.07, 6.45) is 4.91. The minimum absolute atomic E-state index is 0.0133. The lowest BCUT2D eigenvalue weighted by Gasteiger charge is -2.13. The Bertz CT molecular complexity index is 674. The Labute approximate surface area is 143 Å². The van der Waals surface area contributed by atoms with Gasteiger partial charge in [0.1, 0.15) is 5.82 Å². The van der Waals surface area contributed by atoms with E-state index in [4.69, 9.17) is 5.10 Å². The van der Waals surface area contributed by atoms with Crippen molar-refractivity contribution in [1.29, 1.82) is 0 Å². The molecule has 1 saturated carbocycles. The molecule has 1 heterocycles. The maximum absolute atomic E-state index is 12.4. The van der Waals surface area contributed by atoms with Crippen LogP contribution in [0, 0.1) is 5.92 Å². The SMILES string of the molecule is CNCC(C)C(=O)Nc1cc(C2CCCC2)nn1-c1ccccc1. The summed E-state index contributed by atoms with van der Waals surface area (Å²) in [6, 6.07) is 12.0. The van der Waals surface area contributed by atoms with Crippen LogP contribution in [0.2, 0.25) is 0 Å². The first-order valence-corrected chi connectivity index (χ1v) is 8.80. The molecule has 0 radical (unpaired) electrons. The Morgan fingerprint density at radius 2 is 2.00 bits per heavy atom. The van der Waals surface area contributed by atoms with Gasteiger partial charge in [-0.2, -0.15) is 5.10 Å². The van der Waals surface area contributed by atoms with Crippen molar-refractivity contribution >= 4 is 11.7 Å². The number of nitrogens with one attached hydrogen (secondary N) is 2. The molecule has 128 valence electrons. The molecule has 1 unspecified atom stereocenters. The number of carbonyl (C=O) groups excluding carboxylic acids is 1. The van der Waals surface area contributed by atoms with Crippen molar-refractivity contribution in [3.63, 3.8) is 0 Å². The standard InChI is InChI=1S/C19H26N4O/c1-14(13-20-2)19(24)21-18-12-17(15-8-6-7-9-15)22-23(18)16-10-4-3-5-11-16/h3-5,10-12,14-15,20H,6-9,13H2,1-2H3,(H,21,24). The highest BCUT2D eigenvalue weighted by atomic mass is 16.2. The Morgan fingerprint density at radius 3 is 2.67 bits per heavy atom. The van der Waals surface area contributed by atoms with E-state index in [0.717, 1.165) is 17.2 Å². The molecule has 1 aliphatic rings. The number of benzene rings is 1. The van der Waals surface area contributed by atoms with Crippen molar-refractivity contribution in [3.8, 4) is 5.69 Å². The summed E-state index contributed by atoms with van der Waals surface area (Å²) in [6.45, 7) is 2.58. The second-order valence-corrected chi connectivity index (χ2v) is 6.63. The third kappa shape index (κ3) is 3.67. The van der Waals surface area contributed by atoms with E-state index in [1.807, 2.05) is 55.1 Å². The molecule has 24 heavy (non-hydrogen) atoms. The van der Waals surface area contributed by atoms with Crippen molar-refractivity contribution in [3.05, 3.63) is 42.1 Å². The Hall–Kier alpha value is -2.14. The van der Waals surface area contributed by atoms with Gasteiger partial charge in [-0.1, -0.05) is 38.0 Å². The number of hydrogen-bond donors (Lipinski definition) is 2. The molecule has 2 N–H and O–H groups in total. The van der Waals surface area contributed by atoms with Gasteiger partial charge in [-0.05, 0) is 32.0 Å². The summed E-state index contributed by atoms with van der Waals surface area (Å²) in [5.41, 5.74) is 2.06. The second kappa shape index (κ2) is 7.62. The smallest absolute Gasteiger partial charge is 0.229 e. The highest BCUT2D eigenvalue weighted by Crippen LogP contribution is 2.35. The molecule has 5 heteroatoms. The van der Waals surface area contributed by atoms with E-state index in [1.165, 1.54) is 25.7 Å². The summed E-state index contributed by atoms with van der Waals surface area (Å²) in [7, 11) is 1.86. The van der Waals surface area contributed by atoms with Crippen LogP contribution in [-0.2, 0) is 4.79 Å². The Balaban J connectivity index is 1.89. The summed E-state index contributed by atoms with van der Waals surface area (Å²) in [4.78, 5) is 12.4. The molecule has 1 amide bonds. The third-order valence-electron chi connectivity index (χ3n) is 4.71. The van der Waals surface area contributed by atoms with Crippen LogP contribution < -0.4 is 10.6 Å². The zero-order chi connectivity index (χ0) is 16.9. The molecule has 2 aromatic rings. The maximum Gasteiger partial charge on any atom is 0.229 e. The number of carbonyl (C=O) groups is 1. The van der Waals surface area contributed by atoms with Gasteiger partial charge in [0.15, 0.2) is 0 Å². The fraction of sp³-hybridized carbons (Fsp3) is 0.474. The molecule has 3 rings (SSSR count). The number of nitrogens with zero attached hydrogens (tertiary/aromatic N) is 2. The van der Waals surface area contributed by atoms with Crippen LogP contribution in [0.1, 0.15) is 44.2 Å². The molecule has 0 bridgehead atoms. The molecular formula is C19H26N4O. The predicted molar refractivity (Wildman–Crippen MR) is 96.5 cm³/mol. The van der Waals surface area contributed by atoms with Crippen molar-refractivity contribution in [2.24, 2.45) is 5.92 Å². The topological polar surface area (TPSA) is 59.0 Å². The van der Waals surface area contributed by atoms with E-state index in [9.17, 15) is 4.79 Å². The van der Waals surface area contributed by atoms with E-state index in [1.54, 1.807) is 0 Å². The van der Waals surface area contributed by atoms with Crippen molar-refractivity contribution in [2.75, 3.05) is 18.9 Å². The highest BCUT2D eigenvalue weighted by molar-refractivity contribution is 5.92. The minimum atomic E-state index is -0.0935. The van der Waals surface area contributed by atoms with Gasteiger partial charge in [0.2, 0.25) is 5.91 Å². The van der Waals surface area contributed by atoms with Gasteiger partial charge in [-0.25, -0.2) is 4.68 Å². The summed E-state index contributed by atoms with van der Waals surface area (Å²) >= 11 is 0. The number of amides is 1. The molecule has 1 aromatic heterocycles. The van der Waals surface area contributed by atoms with Crippen molar-refractivity contribution < 1.29 is 4.79 Å². The second-order valence-electron chi connectivity index (χ2n) is 6.63. The number of para-hydroxylation sites is 1. The average Bonchev–Trinajstić information content (AvgIpc) is 3.25. The Kier molecular flexibility index (Phi) is 5.30. The fourth-order valence-corrected chi connectivity index (χ4v) is 3.32. The lowest BCUT2D eigenvalue weighted by molar-refractivity contribution is -0.119. The van der Waals surface area contributed by atoms with Gasteiger partial charge in [-0.3, -0.25) is 4.79 Å². The summed E-state index contributed by atoms with van der Waals surface area (Å²) in [5, 5.41) is 10.9. The fourth-order valence-electron chi connectivity index (χ4n) is 3.32. The molecule has 0 saturated heterocycles. The van der Waals surface area contributed by atoms with Gasteiger partial charge < -0.3 is 10.6 Å². The molecule has 1 atom stereocenters.